The standard InChI is InChI=1S/C20H17N3O5S/c1-23(20-16-9-5-6-10-18(16)29(25,26)22-20)12-19(24)27-13-15-11-17(28-21-15)14-7-3-2-4-8-14/h2-11H,12-13H2,1H3. The average molecular weight is 411 g/mol. The highest BCUT2D eigenvalue weighted by Crippen LogP contribution is 2.27. The van der Waals surface area contributed by atoms with E-state index < -0.39 is 16.0 Å². The van der Waals surface area contributed by atoms with Crippen LogP contribution in [0, 0.1) is 0 Å². The molecule has 4 rings (SSSR count). The van der Waals surface area contributed by atoms with Crippen LogP contribution in [0.2, 0.25) is 0 Å². The van der Waals surface area contributed by atoms with Crippen molar-refractivity contribution in [3.05, 3.63) is 71.9 Å². The molecule has 148 valence electrons. The number of hydrogen-bond acceptors (Lipinski definition) is 7. The molecule has 0 saturated carbocycles. The van der Waals surface area contributed by atoms with Crippen LogP contribution in [-0.4, -0.2) is 43.9 Å². The largest absolute Gasteiger partial charge is 0.458 e. The summed E-state index contributed by atoms with van der Waals surface area (Å²) < 4.78 is 38.6. The minimum absolute atomic E-state index is 0.0512. The van der Waals surface area contributed by atoms with E-state index in [-0.39, 0.29) is 23.9 Å². The molecule has 0 spiro atoms. The van der Waals surface area contributed by atoms with E-state index >= 15 is 0 Å². The lowest BCUT2D eigenvalue weighted by Gasteiger charge is -2.17. The third kappa shape index (κ3) is 3.90. The van der Waals surface area contributed by atoms with Gasteiger partial charge in [0.25, 0.3) is 10.0 Å². The first-order chi connectivity index (χ1) is 13.9. The summed E-state index contributed by atoms with van der Waals surface area (Å²) in [5.41, 5.74) is 1.81. The van der Waals surface area contributed by atoms with Crippen LogP contribution in [-0.2, 0) is 26.2 Å². The van der Waals surface area contributed by atoms with Crippen molar-refractivity contribution in [3.8, 4) is 11.3 Å². The van der Waals surface area contributed by atoms with Crippen molar-refractivity contribution in [2.75, 3.05) is 13.6 Å². The number of likely N-dealkylation sites (N-methyl/N-ethyl adjacent to an activating group) is 1. The Morgan fingerprint density at radius 3 is 2.62 bits per heavy atom. The second-order valence-electron chi connectivity index (χ2n) is 6.45. The van der Waals surface area contributed by atoms with Crippen molar-refractivity contribution >= 4 is 21.8 Å². The van der Waals surface area contributed by atoms with Crippen LogP contribution in [0.4, 0.5) is 0 Å². The Morgan fingerprint density at radius 2 is 1.83 bits per heavy atom. The van der Waals surface area contributed by atoms with Crippen LogP contribution < -0.4 is 0 Å². The number of carbonyl (C=O) groups excluding carboxylic acids is 1. The van der Waals surface area contributed by atoms with Crippen LogP contribution in [0.25, 0.3) is 11.3 Å². The van der Waals surface area contributed by atoms with Crippen LogP contribution in [0.15, 0.2) is 74.5 Å². The normalized spacial score (nSPS) is 14.2. The topological polar surface area (TPSA) is 102 Å². The maximum atomic E-state index is 12.2. The van der Waals surface area contributed by atoms with Gasteiger partial charge >= 0.3 is 5.97 Å². The monoisotopic (exact) mass is 411 g/mol. The molecule has 9 heteroatoms. The number of nitrogens with zero attached hydrogens (tertiary/aromatic N) is 3. The van der Waals surface area contributed by atoms with Crippen molar-refractivity contribution in [2.24, 2.45) is 4.40 Å². The molecular weight excluding hydrogens is 394 g/mol. The summed E-state index contributed by atoms with van der Waals surface area (Å²) in [6.07, 6.45) is 0. The lowest BCUT2D eigenvalue weighted by atomic mass is 10.2. The number of aromatic nitrogens is 1. The SMILES string of the molecule is CN(CC(=O)OCc1cc(-c2ccccc2)on1)C1=NS(=O)(=O)c2ccccc21. The van der Waals surface area contributed by atoms with E-state index in [9.17, 15) is 13.2 Å². The molecule has 3 aromatic rings. The molecule has 2 heterocycles. The van der Waals surface area contributed by atoms with Gasteiger partial charge < -0.3 is 14.2 Å². The average Bonchev–Trinajstić information content (AvgIpc) is 3.30. The number of amidine groups is 1. The highest BCUT2D eigenvalue weighted by molar-refractivity contribution is 7.90. The predicted molar refractivity (Wildman–Crippen MR) is 105 cm³/mol. The number of ether oxygens (including phenoxy) is 1. The zero-order valence-corrected chi connectivity index (χ0v) is 16.3. The van der Waals surface area contributed by atoms with Crippen LogP contribution >= 0.6 is 0 Å². The van der Waals surface area contributed by atoms with Crippen LogP contribution in [0.5, 0.6) is 0 Å². The summed E-state index contributed by atoms with van der Waals surface area (Å²) >= 11 is 0. The Hall–Kier alpha value is -3.46. The smallest absolute Gasteiger partial charge is 0.325 e. The van der Waals surface area contributed by atoms with Gasteiger partial charge in [0.2, 0.25) is 0 Å². The first-order valence-corrected chi connectivity index (χ1v) is 10.2. The molecule has 0 aliphatic carbocycles. The van der Waals surface area contributed by atoms with Crippen molar-refractivity contribution in [2.45, 2.75) is 11.5 Å². The van der Waals surface area contributed by atoms with Gasteiger partial charge in [-0.15, -0.1) is 4.40 Å². The Kier molecular flexibility index (Phi) is 4.89. The lowest BCUT2D eigenvalue weighted by molar-refractivity contribution is -0.145. The molecule has 0 atom stereocenters. The van der Waals surface area contributed by atoms with Gasteiger partial charge in [0.15, 0.2) is 11.6 Å². The second-order valence-corrected chi connectivity index (χ2v) is 8.02. The first kappa shape index (κ1) is 18.9. The van der Waals surface area contributed by atoms with Gasteiger partial charge in [-0.05, 0) is 12.1 Å². The molecule has 1 aliphatic heterocycles. The number of hydrogen-bond donors (Lipinski definition) is 0. The van der Waals surface area contributed by atoms with E-state index in [1.165, 1.54) is 11.0 Å². The van der Waals surface area contributed by atoms with Gasteiger partial charge in [0.05, 0.1) is 0 Å². The van der Waals surface area contributed by atoms with Crippen molar-refractivity contribution in [1.29, 1.82) is 0 Å². The number of sulfonamides is 1. The molecule has 1 aromatic heterocycles. The minimum Gasteiger partial charge on any atom is -0.458 e. The van der Waals surface area contributed by atoms with Crippen molar-refractivity contribution < 1.29 is 22.5 Å². The highest BCUT2D eigenvalue weighted by Gasteiger charge is 2.31. The zero-order chi connectivity index (χ0) is 20.4. The van der Waals surface area contributed by atoms with Crippen LogP contribution in [0.1, 0.15) is 11.3 Å². The van der Waals surface area contributed by atoms with Gasteiger partial charge in [-0.2, -0.15) is 8.42 Å². The molecular formula is C20H17N3O5S. The Bertz CT molecular complexity index is 1190. The summed E-state index contributed by atoms with van der Waals surface area (Å²) in [6.45, 7) is -0.212. The van der Waals surface area contributed by atoms with Crippen molar-refractivity contribution in [1.82, 2.24) is 10.1 Å². The molecule has 0 amide bonds. The Balaban J connectivity index is 1.38. The molecule has 0 unspecified atom stereocenters. The number of rotatable bonds is 5. The molecule has 0 bridgehead atoms. The summed E-state index contributed by atoms with van der Waals surface area (Å²) in [4.78, 5) is 13.8. The summed E-state index contributed by atoms with van der Waals surface area (Å²) in [5, 5.41) is 3.90. The molecule has 2 aromatic carbocycles. The maximum absolute atomic E-state index is 12.2. The van der Waals surface area contributed by atoms with E-state index in [2.05, 4.69) is 9.55 Å². The fourth-order valence-electron chi connectivity index (χ4n) is 2.95. The number of esters is 1. The molecule has 0 radical (unpaired) electrons. The van der Waals surface area contributed by atoms with Gasteiger partial charge in [0, 0.05) is 24.2 Å². The van der Waals surface area contributed by atoms with Crippen LogP contribution in [0.3, 0.4) is 0 Å². The minimum atomic E-state index is -3.74. The highest BCUT2D eigenvalue weighted by atomic mass is 32.2. The summed E-state index contributed by atoms with van der Waals surface area (Å²) in [5.74, 6) is 0.252. The lowest BCUT2D eigenvalue weighted by Crippen LogP contribution is -2.33. The quantitative estimate of drug-likeness (QED) is 0.594. The Morgan fingerprint density at radius 1 is 1.10 bits per heavy atom. The van der Waals surface area contributed by atoms with E-state index in [1.54, 1.807) is 31.3 Å². The molecule has 0 N–H and O–H groups in total. The van der Waals surface area contributed by atoms with Crippen molar-refractivity contribution in [3.63, 3.8) is 0 Å². The predicted octanol–water partition coefficient (Wildman–Crippen LogP) is 2.47. The van der Waals surface area contributed by atoms with E-state index in [4.69, 9.17) is 9.26 Å². The Labute approximate surface area is 167 Å². The molecule has 0 fully saturated rings. The fourth-order valence-corrected chi connectivity index (χ4v) is 4.20. The summed E-state index contributed by atoms with van der Waals surface area (Å²) in [7, 11) is -2.16. The van der Waals surface area contributed by atoms with E-state index in [1.807, 2.05) is 30.3 Å². The van der Waals surface area contributed by atoms with Gasteiger partial charge in [-0.3, -0.25) is 4.79 Å². The maximum Gasteiger partial charge on any atom is 0.325 e. The third-order valence-electron chi connectivity index (χ3n) is 4.34. The van der Waals surface area contributed by atoms with Gasteiger partial charge in [-0.1, -0.05) is 47.6 Å². The third-order valence-corrected chi connectivity index (χ3v) is 5.66. The molecule has 29 heavy (non-hydrogen) atoms. The number of fused-ring (bicyclic) bond motifs is 1. The van der Waals surface area contributed by atoms with E-state index in [0.29, 0.717) is 17.0 Å². The van der Waals surface area contributed by atoms with Gasteiger partial charge in [-0.25, -0.2) is 0 Å². The van der Waals surface area contributed by atoms with E-state index in [0.717, 1.165) is 5.56 Å². The summed E-state index contributed by atoms with van der Waals surface area (Å²) in [6, 6.07) is 17.6. The number of carbonyl (C=O) groups is 1. The molecule has 1 aliphatic rings. The second kappa shape index (κ2) is 7.51. The van der Waals surface area contributed by atoms with Gasteiger partial charge in [0.1, 0.15) is 23.7 Å². The fraction of sp³-hybridized carbons (Fsp3) is 0.150. The first-order valence-electron chi connectivity index (χ1n) is 8.76. The number of benzene rings is 2. The zero-order valence-electron chi connectivity index (χ0n) is 15.5. The molecule has 8 nitrogen and oxygen atoms in total. The molecule has 0 saturated heterocycles.